The number of carbonyl (C=O) groups excluding carboxylic acids is 1. The number of rotatable bonds is 10. The van der Waals surface area contributed by atoms with Crippen LogP contribution in [-0.4, -0.2) is 67.2 Å². The Morgan fingerprint density at radius 2 is 2.00 bits per heavy atom. The number of aliphatic hydroxyl groups excluding tert-OH is 1. The minimum atomic E-state index is -4.48. The Bertz CT molecular complexity index is 1540. The van der Waals surface area contributed by atoms with Crippen molar-refractivity contribution in [3.05, 3.63) is 63.7 Å². The van der Waals surface area contributed by atoms with Gasteiger partial charge in [-0.3, -0.25) is 28.6 Å². The average molecular weight is 581 g/mol. The van der Waals surface area contributed by atoms with Crippen LogP contribution in [0, 0.1) is 0 Å². The number of aromatic amines is 1. The molecule has 3 aromatic rings. The molecule has 4 rings (SSSR count). The molecular weight excluding hydrogens is 552 g/mol. The molecule has 2 aromatic heterocycles. The van der Waals surface area contributed by atoms with Crippen LogP contribution in [0.2, 0.25) is 0 Å². The summed E-state index contributed by atoms with van der Waals surface area (Å²) in [5, 5.41) is 13.2. The van der Waals surface area contributed by atoms with E-state index in [1.54, 1.807) is 26.0 Å². The molecule has 0 bridgehead atoms. The van der Waals surface area contributed by atoms with E-state index in [0.717, 1.165) is 23.8 Å². The fourth-order valence-corrected chi connectivity index (χ4v) is 5.53. The highest BCUT2D eigenvalue weighted by Gasteiger charge is 2.56. The van der Waals surface area contributed by atoms with Gasteiger partial charge in [0.15, 0.2) is 17.6 Å². The number of aliphatic hydroxyl groups is 1. The van der Waals surface area contributed by atoms with Gasteiger partial charge in [-0.25, -0.2) is 18.7 Å². The number of alkyl halides is 1. The molecule has 14 nitrogen and oxygen atoms in total. The second kappa shape index (κ2) is 11.6. The monoisotopic (exact) mass is 581 g/mol. The van der Waals surface area contributed by atoms with Gasteiger partial charge in [0.05, 0.1) is 18.2 Å². The molecule has 1 aliphatic heterocycles. The number of H-pyrrole nitrogens is 1. The average Bonchev–Trinajstić information content (AvgIpc) is 3.11. The van der Waals surface area contributed by atoms with Crippen molar-refractivity contribution in [1.82, 2.24) is 24.6 Å². The van der Waals surface area contributed by atoms with Crippen LogP contribution in [0.15, 0.2) is 52.4 Å². The van der Waals surface area contributed by atoms with E-state index in [4.69, 9.17) is 18.5 Å². The maximum absolute atomic E-state index is 15.6. The van der Waals surface area contributed by atoms with Gasteiger partial charge in [-0.15, -0.1) is 0 Å². The maximum Gasteiger partial charge on any atom is 0.459 e. The number of fused-ring (bicyclic) bond motifs is 1. The standard InChI is InChI=1S/C24H29FN5O9P/c1-13(2)37-21(33)14(3)29-40(35,39-16-7-5-6-15-19(16)27-10-9-26-15)36-12-17-20(32)24(4,25)22(38-17)30-11-8-18(31)28-23(30)34/h5-11,13-14,17,20,22,32H,12H2,1-4H3,(H,29,35)(H,28,31,34)/t14-,17+,20+,22+,24+,40?/m0/s1. The lowest BCUT2D eigenvalue weighted by Gasteiger charge is -2.25. The minimum absolute atomic E-state index is 0.00625. The van der Waals surface area contributed by atoms with Gasteiger partial charge in [-0.05, 0) is 39.8 Å². The van der Waals surface area contributed by atoms with Crippen molar-refractivity contribution >= 4 is 24.7 Å². The molecule has 0 aliphatic carbocycles. The van der Waals surface area contributed by atoms with E-state index in [1.807, 2.05) is 4.98 Å². The van der Waals surface area contributed by atoms with Gasteiger partial charge < -0.3 is 19.1 Å². The summed E-state index contributed by atoms with van der Waals surface area (Å²) in [7, 11) is -4.48. The van der Waals surface area contributed by atoms with E-state index in [1.165, 1.54) is 25.4 Å². The molecule has 3 N–H and O–H groups in total. The van der Waals surface area contributed by atoms with Crippen molar-refractivity contribution in [2.75, 3.05) is 6.61 Å². The highest BCUT2D eigenvalue weighted by molar-refractivity contribution is 7.52. The van der Waals surface area contributed by atoms with Crippen molar-refractivity contribution in [2.24, 2.45) is 0 Å². The summed E-state index contributed by atoms with van der Waals surface area (Å²) < 4.78 is 52.3. The third-order valence-corrected chi connectivity index (χ3v) is 7.60. The third kappa shape index (κ3) is 6.29. The van der Waals surface area contributed by atoms with E-state index < -0.39 is 67.8 Å². The third-order valence-electron chi connectivity index (χ3n) is 5.97. The van der Waals surface area contributed by atoms with Gasteiger partial charge in [-0.2, -0.15) is 5.09 Å². The zero-order chi connectivity index (χ0) is 29.2. The number of carbonyl (C=O) groups is 1. The maximum atomic E-state index is 15.6. The molecule has 1 aromatic carbocycles. The molecule has 0 radical (unpaired) electrons. The molecule has 0 saturated carbocycles. The van der Waals surface area contributed by atoms with Crippen molar-refractivity contribution in [2.45, 2.75) is 63.9 Å². The SMILES string of the molecule is CC(C)OC(=O)[C@H](C)NP(=O)(OC[C@H]1O[C@@H](n2ccc(=O)[nH]c2=O)[C@](C)(F)[C@@H]1O)Oc1cccc2nccnc12. The Morgan fingerprint density at radius 1 is 1.27 bits per heavy atom. The Balaban J connectivity index is 1.60. The predicted octanol–water partition coefficient (Wildman–Crippen LogP) is 1.60. The number of para-hydroxylation sites is 1. The van der Waals surface area contributed by atoms with Crippen LogP contribution in [0.25, 0.3) is 11.0 Å². The first-order chi connectivity index (χ1) is 18.8. The number of aromatic nitrogens is 4. The van der Waals surface area contributed by atoms with E-state index in [0.29, 0.717) is 5.52 Å². The summed E-state index contributed by atoms with van der Waals surface area (Å²) in [6.07, 6.45) is -1.51. The molecule has 1 fully saturated rings. The number of benzene rings is 1. The smallest absolute Gasteiger partial charge is 0.459 e. The van der Waals surface area contributed by atoms with Crippen molar-refractivity contribution < 1.29 is 37.4 Å². The summed E-state index contributed by atoms with van der Waals surface area (Å²) in [4.78, 5) is 46.4. The molecule has 16 heteroatoms. The van der Waals surface area contributed by atoms with Gasteiger partial charge in [0.2, 0.25) is 0 Å². The lowest BCUT2D eigenvalue weighted by molar-refractivity contribution is -0.149. The van der Waals surface area contributed by atoms with Gasteiger partial charge in [0, 0.05) is 24.7 Å². The Morgan fingerprint density at radius 3 is 2.70 bits per heavy atom. The van der Waals surface area contributed by atoms with Crippen LogP contribution < -0.4 is 20.9 Å². The van der Waals surface area contributed by atoms with E-state index in [9.17, 15) is 24.1 Å². The minimum Gasteiger partial charge on any atom is -0.462 e. The first-order valence-corrected chi connectivity index (χ1v) is 13.8. The summed E-state index contributed by atoms with van der Waals surface area (Å²) in [5.41, 5.74) is -3.50. The van der Waals surface area contributed by atoms with Gasteiger partial charge >= 0.3 is 19.4 Å². The number of hydrogen-bond acceptors (Lipinski definition) is 11. The molecule has 0 amide bonds. The van der Waals surface area contributed by atoms with Crippen LogP contribution in [0.1, 0.15) is 33.9 Å². The second-order valence-electron chi connectivity index (χ2n) is 9.54. The Kier molecular flexibility index (Phi) is 8.52. The molecule has 216 valence electrons. The first-order valence-electron chi connectivity index (χ1n) is 12.3. The molecular formula is C24H29FN5O9P. The van der Waals surface area contributed by atoms with E-state index in [2.05, 4.69) is 15.1 Å². The summed E-state index contributed by atoms with van der Waals surface area (Å²) in [5.74, 6) is -0.738. The Hall–Kier alpha value is -3.49. The van der Waals surface area contributed by atoms with Crippen LogP contribution in [-0.2, 0) is 23.4 Å². The highest BCUT2D eigenvalue weighted by Crippen LogP contribution is 2.48. The predicted molar refractivity (Wildman–Crippen MR) is 138 cm³/mol. The van der Waals surface area contributed by atoms with Gasteiger partial charge in [-0.1, -0.05) is 6.07 Å². The van der Waals surface area contributed by atoms with E-state index >= 15 is 4.39 Å². The molecule has 1 unspecified atom stereocenters. The van der Waals surface area contributed by atoms with E-state index in [-0.39, 0.29) is 11.3 Å². The van der Waals surface area contributed by atoms with Crippen molar-refractivity contribution in [3.63, 3.8) is 0 Å². The molecule has 1 aliphatic rings. The van der Waals surface area contributed by atoms with Gasteiger partial charge in [0.25, 0.3) is 5.56 Å². The molecule has 40 heavy (non-hydrogen) atoms. The van der Waals surface area contributed by atoms with Crippen molar-refractivity contribution in [1.29, 1.82) is 0 Å². The summed E-state index contributed by atoms with van der Waals surface area (Å²) in [6.45, 7) is 4.98. The fourth-order valence-electron chi connectivity index (χ4n) is 4.02. The van der Waals surface area contributed by atoms with Crippen LogP contribution in [0.3, 0.4) is 0 Å². The fraction of sp³-hybridized carbons (Fsp3) is 0.458. The summed E-state index contributed by atoms with van der Waals surface area (Å²) in [6, 6.07) is 4.51. The van der Waals surface area contributed by atoms with Crippen molar-refractivity contribution in [3.8, 4) is 5.75 Å². The zero-order valence-electron chi connectivity index (χ0n) is 22.0. The largest absolute Gasteiger partial charge is 0.462 e. The molecule has 3 heterocycles. The molecule has 1 saturated heterocycles. The van der Waals surface area contributed by atoms with Crippen LogP contribution in [0.4, 0.5) is 4.39 Å². The highest BCUT2D eigenvalue weighted by atomic mass is 31.2. The quantitative estimate of drug-likeness (QED) is 0.232. The topological polar surface area (TPSA) is 184 Å². The number of ether oxygens (including phenoxy) is 2. The summed E-state index contributed by atoms with van der Waals surface area (Å²) >= 11 is 0. The van der Waals surface area contributed by atoms with Crippen LogP contribution in [0.5, 0.6) is 5.75 Å². The lowest BCUT2D eigenvalue weighted by atomic mass is 9.98. The second-order valence-corrected chi connectivity index (χ2v) is 11.2. The number of esters is 1. The molecule has 0 spiro atoms. The number of halogens is 1. The van der Waals surface area contributed by atoms with Crippen LogP contribution >= 0.6 is 7.75 Å². The van der Waals surface area contributed by atoms with Gasteiger partial charge in [0.1, 0.15) is 23.8 Å². The first kappa shape index (κ1) is 29.5. The molecule has 6 atom stereocenters. The Labute approximate surface area is 227 Å². The number of nitrogens with zero attached hydrogens (tertiary/aromatic N) is 3. The lowest BCUT2D eigenvalue weighted by Crippen LogP contribution is -2.43. The zero-order valence-corrected chi connectivity index (χ0v) is 22.9. The number of nitrogens with one attached hydrogen (secondary N) is 2. The number of hydrogen-bond donors (Lipinski definition) is 3. The normalized spacial score (nSPS) is 25.0.